The normalized spacial score (nSPS) is 19.6. The summed E-state index contributed by atoms with van der Waals surface area (Å²) in [5.74, 6) is -0.993. The Hall–Kier alpha value is -3.07. The fourth-order valence-electron chi connectivity index (χ4n) is 4.98. The third kappa shape index (κ3) is 4.17. The van der Waals surface area contributed by atoms with E-state index >= 15 is 0 Å². The van der Waals surface area contributed by atoms with Gasteiger partial charge in [0.15, 0.2) is 0 Å². The van der Waals surface area contributed by atoms with Gasteiger partial charge in [-0.1, -0.05) is 31.4 Å². The molecule has 0 bridgehead atoms. The van der Waals surface area contributed by atoms with Crippen LogP contribution < -0.4 is 5.43 Å². The van der Waals surface area contributed by atoms with Crippen LogP contribution in [0.2, 0.25) is 0 Å². The standard InChI is InChI=1S/C24H26N4O4S/c29-20(26-28-23(31)17-8-4-5-9-18(17)24(28)32)19-14-33-21(25-19)15-10-12-27(13-11-15)22(30)16-6-2-1-3-7-16/h4-5,8-9,14-16H,1-3,6-7,10-13H2,(H,26,29). The van der Waals surface area contributed by atoms with Crippen LogP contribution in [0.25, 0.3) is 0 Å². The molecule has 0 unspecified atom stereocenters. The summed E-state index contributed by atoms with van der Waals surface area (Å²) in [6.45, 7) is 1.44. The fraction of sp³-hybridized carbons (Fsp3) is 0.458. The monoisotopic (exact) mass is 466 g/mol. The molecule has 4 amide bonds. The Balaban J connectivity index is 1.18. The number of likely N-dealkylation sites (tertiary alicyclic amines) is 1. The van der Waals surface area contributed by atoms with E-state index in [1.54, 1.807) is 29.6 Å². The number of benzene rings is 1. The van der Waals surface area contributed by atoms with Gasteiger partial charge in [0.05, 0.1) is 16.1 Å². The maximum atomic E-state index is 12.8. The summed E-state index contributed by atoms with van der Waals surface area (Å²) in [7, 11) is 0. The van der Waals surface area contributed by atoms with Gasteiger partial charge in [0.25, 0.3) is 17.7 Å². The van der Waals surface area contributed by atoms with Gasteiger partial charge in [-0.2, -0.15) is 5.01 Å². The molecule has 33 heavy (non-hydrogen) atoms. The molecule has 8 nitrogen and oxygen atoms in total. The van der Waals surface area contributed by atoms with Gasteiger partial charge in [-0.3, -0.25) is 24.6 Å². The molecule has 0 spiro atoms. The number of carbonyl (C=O) groups excluding carboxylic acids is 4. The molecular weight excluding hydrogens is 440 g/mol. The molecule has 1 aromatic heterocycles. The average molecular weight is 467 g/mol. The Bertz CT molecular complexity index is 1060. The van der Waals surface area contributed by atoms with Crippen molar-refractivity contribution < 1.29 is 19.2 Å². The first kappa shape index (κ1) is 21.8. The van der Waals surface area contributed by atoms with Gasteiger partial charge in [0, 0.05) is 30.3 Å². The van der Waals surface area contributed by atoms with Crippen molar-refractivity contribution in [3.63, 3.8) is 0 Å². The van der Waals surface area contributed by atoms with E-state index in [2.05, 4.69) is 10.4 Å². The first-order valence-electron chi connectivity index (χ1n) is 11.6. The number of nitrogens with zero attached hydrogens (tertiary/aromatic N) is 3. The van der Waals surface area contributed by atoms with Gasteiger partial charge >= 0.3 is 0 Å². The summed E-state index contributed by atoms with van der Waals surface area (Å²) >= 11 is 1.41. The number of fused-ring (bicyclic) bond motifs is 1. The van der Waals surface area contributed by atoms with Gasteiger partial charge in [-0.05, 0) is 37.8 Å². The second-order valence-electron chi connectivity index (χ2n) is 8.94. The van der Waals surface area contributed by atoms with Gasteiger partial charge in [0.2, 0.25) is 5.91 Å². The van der Waals surface area contributed by atoms with Crippen molar-refractivity contribution in [1.29, 1.82) is 0 Å². The zero-order valence-corrected chi connectivity index (χ0v) is 19.1. The molecule has 0 atom stereocenters. The molecule has 2 fully saturated rings. The van der Waals surface area contributed by atoms with Crippen LogP contribution in [0.4, 0.5) is 0 Å². The molecule has 5 rings (SSSR count). The van der Waals surface area contributed by atoms with Crippen LogP contribution in [0.3, 0.4) is 0 Å². The van der Waals surface area contributed by atoms with E-state index in [9.17, 15) is 19.2 Å². The number of amides is 4. The minimum absolute atomic E-state index is 0.187. The summed E-state index contributed by atoms with van der Waals surface area (Å²) < 4.78 is 0. The molecule has 1 N–H and O–H groups in total. The maximum Gasteiger partial charge on any atom is 0.289 e. The van der Waals surface area contributed by atoms with Gasteiger partial charge < -0.3 is 4.90 Å². The minimum Gasteiger partial charge on any atom is -0.342 e. The highest BCUT2D eigenvalue weighted by Gasteiger charge is 2.37. The lowest BCUT2D eigenvalue weighted by Crippen LogP contribution is -2.46. The molecule has 172 valence electrons. The molecule has 1 aliphatic carbocycles. The molecule has 2 aromatic rings. The van der Waals surface area contributed by atoms with Crippen LogP contribution in [0, 0.1) is 5.92 Å². The zero-order chi connectivity index (χ0) is 22.9. The van der Waals surface area contributed by atoms with Crippen molar-refractivity contribution in [3.05, 3.63) is 51.5 Å². The highest BCUT2D eigenvalue weighted by Crippen LogP contribution is 2.33. The third-order valence-electron chi connectivity index (χ3n) is 6.87. The smallest absolute Gasteiger partial charge is 0.289 e. The maximum absolute atomic E-state index is 12.8. The molecule has 1 aromatic carbocycles. The second kappa shape index (κ2) is 9.05. The van der Waals surface area contributed by atoms with Crippen LogP contribution in [-0.4, -0.2) is 51.6 Å². The van der Waals surface area contributed by atoms with Crippen LogP contribution in [0.5, 0.6) is 0 Å². The van der Waals surface area contributed by atoms with Crippen LogP contribution in [0.1, 0.15) is 87.1 Å². The fourth-order valence-corrected chi connectivity index (χ4v) is 5.95. The number of carbonyl (C=O) groups is 4. The Kier molecular flexibility index (Phi) is 5.97. The lowest BCUT2D eigenvalue weighted by molar-refractivity contribution is -0.137. The lowest BCUT2D eigenvalue weighted by atomic mass is 9.87. The summed E-state index contributed by atoms with van der Waals surface area (Å²) in [4.78, 5) is 56.9. The molecule has 9 heteroatoms. The number of nitrogens with one attached hydrogen (secondary N) is 1. The van der Waals surface area contributed by atoms with Gasteiger partial charge in [-0.25, -0.2) is 4.98 Å². The molecule has 0 radical (unpaired) electrons. The minimum atomic E-state index is -0.586. The van der Waals surface area contributed by atoms with E-state index in [4.69, 9.17) is 0 Å². The first-order chi connectivity index (χ1) is 16.0. The average Bonchev–Trinajstić information content (AvgIpc) is 3.45. The Morgan fingerprint density at radius 3 is 2.21 bits per heavy atom. The summed E-state index contributed by atoms with van der Waals surface area (Å²) in [5.41, 5.74) is 3.14. The molecule has 3 heterocycles. The number of hydrogen-bond donors (Lipinski definition) is 1. The summed E-state index contributed by atoms with van der Waals surface area (Å²) in [5, 5.41) is 3.26. The largest absolute Gasteiger partial charge is 0.342 e. The summed E-state index contributed by atoms with van der Waals surface area (Å²) in [6.07, 6.45) is 7.21. The zero-order valence-electron chi connectivity index (χ0n) is 18.3. The second-order valence-corrected chi connectivity index (χ2v) is 9.83. The van der Waals surface area contributed by atoms with E-state index in [0.29, 0.717) is 5.91 Å². The molecule has 3 aliphatic rings. The van der Waals surface area contributed by atoms with Gasteiger partial charge in [-0.15, -0.1) is 11.3 Å². The van der Waals surface area contributed by atoms with E-state index in [1.165, 1.54) is 17.8 Å². The van der Waals surface area contributed by atoms with Crippen LogP contribution in [-0.2, 0) is 4.79 Å². The molecule has 1 saturated heterocycles. The molecule has 1 saturated carbocycles. The van der Waals surface area contributed by atoms with Crippen molar-refractivity contribution in [2.75, 3.05) is 13.1 Å². The van der Waals surface area contributed by atoms with Crippen molar-refractivity contribution in [2.24, 2.45) is 5.92 Å². The number of hydrazine groups is 1. The number of aromatic nitrogens is 1. The quantitative estimate of drug-likeness (QED) is 0.697. The van der Waals surface area contributed by atoms with Crippen LogP contribution >= 0.6 is 11.3 Å². The predicted molar refractivity (Wildman–Crippen MR) is 122 cm³/mol. The van der Waals surface area contributed by atoms with E-state index < -0.39 is 17.7 Å². The lowest BCUT2D eigenvalue weighted by Gasteiger charge is -2.34. The van der Waals surface area contributed by atoms with E-state index in [-0.39, 0.29) is 28.7 Å². The number of rotatable bonds is 4. The summed E-state index contributed by atoms with van der Waals surface area (Å²) in [6, 6.07) is 6.48. The highest BCUT2D eigenvalue weighted by atomic mass is 32.1. The molecular formula is C24H26N4O4S. The number of thiazole rings is 1. The Morgan fingerprint density at radius 1 is 0.939 bits per heavy atom. The third-order valence-corrected chi connectivity index (χ3v) is 7.88. The predicted octanol–water partition coefficient (Wildman–Crippen LogP) is 3.37. The topological polar surface area (TPSA) is 99.7 Å². The Morgan fingerprint density at radius 2 is 1.58 bits per heavy atom. The van der Waals surface area contributed by atoms with E-state index in [0.717, 1.165) is 61.6 Å². The van der Waals surface area contributed by atoms with Crippen molar-refractivity contribution in [2.45, 2.75) is 50.9 Å². The Labute approximate surface area is 195 Å². The number of hydrogen-bond acceptors (Lipinski definition) is 6. The van der Waals surface area contributed by atoms with Gasteiger partial charge in [0.1, 0.15) is 5.69 Å². The number of piperidine rings is 1. The highest BCUT2D eigenvalue weighted by molar-refractivity contribution is 7.09. The number of imide groups is 1. The van der Waals surface area contributed by atoms with Crippen LogP contribution in [0.15, 0.2) is 29.6 Å². The first-order valence-corrected chi connectivity index (χ1v) is 12.4. The molecule has 2 aliphatic heterocycles. The van der Waals surface area contributed by atoms with E-state index in [1.807, 2.05) is 4.90 Å². The SMILES string of the molecule is O=C(NN1C(=O)c2ccccc2C1=O)c1csc(C2CCN(C(=O)C3CCCCC3)CC2)n1. The van der Waals surface area contributed by atoms with Crippen molar-refractivity contribution in [1.82, 2.24) is 20.3 Å². The van der Waals surface area contributed by atoms with Crippen molar-refractivity contribution >= 4 is 35.0 Å². The van der Waals surface area contributed by atoms with Crippen molar-refractivity contribution in [3.8, 4) is 0 Å².